The van der Waals surface area contributed by atoms with E-state index in [-0.39, 0.29) is 5.78 Å². The van der Waals surface area contributed by atoms with E-state index in [0.29, 0.717) is 17.3 Å². The van der Waals surface area contributed by atoms with Gasteiger partial charge in [-0.05, 0) is 58.0 Å². The van der Waals surface area contributed by atoms with Crippen LogP contribution in [0, 0.1) is 0 Å². The molecule has 1 atom stereocenters. The maximum absolute atomic E-state index is 11.3. The maximum Gasteiger partial charge on any atom is 0.161 e. The largest absolute Gasteiger partial charge is 0.398 e. The first-order valence-corrected chi connectivity index (χ1v) is 6.96. The number of nitrogens with zero attached hydrogens (tertiary/aromatic N) is 1. The van der Waals surface area contributed by atoms with Crippen molar-refractivity contribution in [1.82, 2.24) is 4.90 Å². The van der Waals surface area contributed by atoms with E-state index in [2.05, 4.69) is 17.1 Å². The molecule has 1 aromatic carbocycles. The van der Waals surface area contributed by atoms with E-state index in [4.69, 9.17) is 5.73 Å². The fourth-order valence-electron chi connectivity index (χ4n) is 2.57. The normalized spacial score (nSPS) is 17.4. The topological polar surface area (TPSA) is 58.4 Å². The van der Waals surface area contributed by atoms with Crippen molar-refractivity contribution in [3.05, 3.63) is 23.8 Å². The number of carbonyl (C=O) groups is 1. The van der Waals surface area contributed by atoms with Crippen LogP contribution in [-0.4, -0.2) is 36.4 Å². The van der Waals surface area contributed by atoms with Crippen LogP contribution in [0.4, 0.5) is 11.4 Å². The Hall–Kier alpha value is -1.55. The number of anilines is 2. The number of carbonyl (C=O) groups excluding carboxylic acids is 1. The Balaban J connectivity index is 1.92. The molecule has 0 aromatic heterocycles. The van der Waals surface area contributed by atoms with E-state index in [9.17, 15) is 4.79 Å². The minimum Gasteiger partial charge on any atom is -0.398 e. The number of rotatable bonds is 5. The lowest BCUT2D eigenvalue weighted by molar-refractivity contribution is 0.101. The molecule has 1 fully saturated rings. The Bertz CT molecular complexity index is 453. The van der Waals surface area contributed by atoms with E-state index < -0.39 is 0 Å². The number of nitrogen functional groups attached to an aromatic ring is 1. The third-order valence-electron chi connectivity index (χ3n) is 3.80. The summed E-state index contributed by atoms with van der Waals surface area (Å²) < 4.78 is 0. The standard InChI is InChI=1S/C15H23N3O/c1-11(18-7-3-4-8-18)10-17-13-5-6-14(12(2)19)15(16)9-13/h5-6,9,11,17H,3-4,7-8,10,16H2,1-2H3. The third kappa shape index (κ3) is 3.47. The molecule has 1 aliphatic rings. The molecule has 1 saturated heterocycles. The van der Waals surface area contributed by atoms with Crippen LogP contribution in [0.3, 0.4) is 0 Å². The van der Waals surface area contributed by atoms with Crippen LogP contribution in [0.25, 0.3) is 0 Å². The van der Waals surface area contributed by atoms with Crippen LogP contribution in [0.5, 0.6) is 0 Å². The molecule has 1 unspecified atom stereocenters. The predicted molar refractivity (Wildman–Crippen MR) is 79.6 cm³/mol. The highest BCUT2D eigenvalue weighted by molar-refractivity contribution is 5.99. The molecule has 0 spiro atoms. The predicted octanol–water partition coefficient (Wildman–Crippen LogP) is 2.37. The number of Topliss-reactive ketones (excluding diaryl/α,β-unsaturated/α-hetero) is 1. The summed E-state index contributed by atoms with van der Waals surface area (Å²) in [5.41, 5.74) is 8.00. The number of nitrogens with one attached hydrogen (secondary N) is 1. The number of benzene rings is 1. The monoisotopic (exact) mass is 261 g/mol. The summed E-state index contributed by atoms with van der Waals surface area (Å²) in [7, 11) is 0. The van der Waals surface area contributed by atoms with Crippen LogP contribution in [0.1, 0.15) is 37.0 Å². The molecular weight excluding hydrogens is 238 g/mol. The van der Waals surface area contributed by atoms with Crippen LogP contribution in [0.2, 0.25) is 0 Å². The minimum absolute atomic E-state index is 0.00878. The van der Waals surface area contributed by atoms with Crippen LogP contribution < -0.4 is 11.1 Å². The van der Waals surface area contributed by atoms with Crippen molar-refractivity contribution in [2.45, 2.75) is 32.7 Å². The fraction of sp³-hybridized carbons (Fsp3) is 0.533. The molecule has 19 heavy (non-hydrogen) atoms. The zero-order chi connectivity index (χ0) is 13.8. The van der Waals surface area contributed by atoms with E-state index in [1.807, 2.05) is 12.1 Å². The summed E-state index contributed by atoms with van der Waals surface area (Å²) in [6.45, 7) is 7.08. The van der Waals surface area contributed by atoms with Crippen LogP contribution in [0.15, 0.2) is 18.2 Å². The van der Waals surface area contributed by atoms with Crippen molar-refractivity contribution in [3.8, 4) is 0 Å². The van der Waals surface area contributed by atoms with E-state index in [1.54, 1.807) is 6.07 Å². The molecule has 0 amide bonds. The van der Waals surface area contributed by atoms with Gasteiger partial charge in [0.2, 0.25) is 0 Å². The van der Waals surface area contributed by atoms with Gasteiger partial charge in [0.1, 0.15) is 0 Å². The van der Waals surface area contributed by atoms with Gasteiger partial charge in [-0.15, -0.1) is 0 Å². The number of hydrogen-bond acceptors (Lipinski definition) is 4. The lowest BCUT2D eigenvalue weighted by Crippen LogP contribution is -2.35. The summed E-state index contributed by atoms with van der Waals surface area (Å²) in [5, 5.41) is 3.40. The maximum atomic E-state index is 11.3. The smallest absolute Gasteiger partial charge is 0.161 e. The van der Waals surface area contributed by atoms with Gasteiger partial charge in [0.15, 0.2) is 5.78 Å². The van der Waals surface area contributed by atoms with Gasteiger partial charge in [-0.2, -0.15) is 0 Å². The Morgan fingerprint density at radius 3 is 2.68 bits per heavy atom. The molecule has 1 heterocycles. The van der Waals surface area contributed by atoms with Gasteiger partial charge >= 0.3 is 0 Å². The quantitative estimate of drug-likeness (QED) is 0.631. The van der Waals surface area contributed by atoms with E-state index in [0.717, 1.165) is 12.2 Å². The van der Waals surface area contributed by atoms with Gasteiger partial charge in [0, 0.05) is 29.5 Å². The molecular formula is C15H23N3O. The van der Waals surface area contributed by atoms with Gasteiger partial charge in [-0.25, -0.2) is 0 Å². The lowest BCUT2D eigenvalue weighted by atomic mass is 10.1. The Labute approximate surface area is 115 Å². The van der Waals surface area contributed by atoms with Crippen molar-refractivity contribution in [3.63, 3.8) is 0 Å². The number of ketones is 1. The molecule has 4 heteroatoms. The fourth-order valence-corrected chi connectivity index (χ4v) is 2.57. The van der Waals surface area contributed by atoms with E-state index >= 15 is 0 Å². The molecule has 2 rings (SSSR count). The molecule has 104 valence electrons. The van der Waals surface area contributed by atoms with Crippen LogP contribution >= 0.6 is 0 Å². The molecule has 3 N–H and O–H groups in total. The number of hydrogen-bond donors (Lipinski definition) is 2. The molecule has 0 radical (unpaired) electrons. The van der Waals surface area contributed by atoms with Gasteiger partial charge in [0.05, 0.1) is 0 Å². The van der Waals surface area contributed by atoms with Crippen LogP contribution in [-0.2, 0) is 0 Å². The van der Waals surface area contributed by atoms with Crippen molar-refractivity contribution in [2.24, 2.45) is 0 Å². The first-order valence-electron chi connectivity index (χ1n) is 6.96. The Morgan fingerprint density at radius 2 is 2.11 bits per heavy atom. The van der Waals surface area contributed by atoms with Crippen molar-refractivity contribution in [1.29, 1.82) is 0 Å². The number of nitrogens with two attached hydrogens (primary N) is 1. The van der Waals surface area contributed by atoms with Crippen molar-refractivity contribution in [2.75, 3.05) is 30.7 Å². The molecule has 4 nitrogen and oxygen atoms in total. The SMILES string of the molecule is CC(=O)c1ccc(NCC(C)N2CCCC2)cc1N. The Morgan fingerprint density at radius 1 is 1.42 bits per heavy atom. The highest BCUT2D eigenvalue weighted by Gasteiger charge is 2.17. The average molecular weight is 261 g/mol. The molecule has 0 aliphatic carbocycles. The van der Waals surface area contributed by atoms with E-state index in [1.165, 1.54) is 32.9 Å². The third-order valence-corrected chi connectivity index (χ3v) is 3.80. The average Bonchev–Trinajstić information content (AvgIpc) is 2.89. The molecule has 0 saturated carbocycles. The molecule has 0 bridgehead atoms. The Kier molecular flexibility index (Phi) is 4.43. The first kappa shape index (κ1) is 13.9. The summed E-state index contributed by atoms with van der Waals surface area (Å²) in [4.78, 5) is 13.8. The summed E-state index contributed by atoms with van der Waals surface area (Å²) in [6, 6.07) is 6.08. The highest BCUT2D eigenvalue weighted by Crippen LogP contribution is 2.19. The number of likely N-dealkylation sites (tertiary alicyclic amines) is 1. The van der Waals surface area contributed by atoms with Crippen molar-refractivity contribution >= 4 is 17.2 Å². The molecule has 1 aliphatic heterocycles. The summed E-state index contributed by atoms with van der Waals surface area (Å²) in [5.74, 6) is 0.00878. The van der Waals surface area contributed by atoms with Gasteiger partial charge in [0.25, 0.3) is 0 Å². The highest BCUT2D eigenvalue weighted by atomic mass is 16.1. The summed E-state index contributed by atoms with van der Waals surface area (Å²) in [6.07, 6.45) is 2.62. The van der Waals surface area contributed by atoms with Crippen molar-refractivity contribution < 1.29 is 4.79 Å². The first-order chi connectivity index (χ1) is 9.08. The van der Waals surface area contributed by atoms with Gasteiger partial charge in [-0.3, -0.25) is 9.69 Å². The molecule has 1 aromatic rings. The zero-order valence-electron chi connectivity index (χ0n) is 11.8. The van der Waals surface area contributed by atoms with Gasteiger partial charge < -0.3 is 11.1 Å². The van der Waals surface area contributed by atoms with Gasteiger partial charge in [-0.1, -0.05) is 0 Å². The lowest BCUT2D eigenvalue weighted by Gasteiger charge is -2.24. The second-order valence-corrected chi connectivity index (χ2v) is 5.33. The summed E-state index contributed by atoms with van der Waals surface area (Å²) >= 11 is 0. The zero-order valence-corrected chi connectivity index (χ0v) is 11.8. The minimum atomic E-state index is 0.00878. The second-order valence-electron chi connectivity index (χ2n) is 5.33. The second kappa shape index (κ2) is 6.06.